The van der Waals surface area contributed by atoms with Crippen LogP contribution in [0, 0.1) is 11.8 Å². The van der Waals surface area contributed by atoms with Crippen LogP contribution in [0.4, 0.5) is 0 Å². The second-order valence-corrected chi connectivity index (χ2v) is 7.91. The van der Waals surface area contributed by atoms with Gasteiger partial charge in [0.15, 0.2) is 12.6 Å². The molecular formula is C22H34O4. The molecule has 0 saturated carbocycles. The molecule has 1 heterocycles. The van der Waals surface area contributed by atoms with Crippen LogP contribution in [0.5, 0.6) is 0 Å². The second-order valence-electron chi connectivity index (χ2n) is 7.91. The molecule has 1 aliphatic carbocycles. The van der Waals surface area contributed by atoms with Crippen LogP contribution in [0.25, 0.3) is 0 Å². The topological polar surface area (TPSA) is 47.9 Å². The fraction of sp³-hybridized carbons (Fsp3) is 0.636. The Morgan fingerprint density at radius 3 is 2.62 bits per heavy atom. The highest BCUT2D eigenvalue weighted by Gasteiger charge is 2.43. The summed E-state index contributed by atoms with van der Waals surface area (Å²) in [5.41, 5.74) is 2.81. The van der Waals surface area contributed by atoms with E-state index in [1.807, 2.05) is 12.2 Å². The highest BCUT2D eigenvalue weighted by Crippen LogP contribution is 2.44. The van der Waals surface area contributed by atoms with Crippen LogP contribution in [-0.4, -0.2) is 37.5 Å². The van der Waals surface area contributed by atoms with Gasteiger partial charge in [-0.25, -0.2) is 0 Å². The van der Waals surface area contributed by atoms with Gasteiger partial charge in [-0.3, -0.25) is 0 Å². The van der Waals surface area contributed by atoms with Gasteiger partial charge in [0, 0.05) is 20.1 Å². The Hall–Kier alpha value is -1.20. The molecule has 1 fully saturated rings. The van der Waals surface area contributed by atoms with E-state index in [1.54, 1.807) is 34.1 Å². The third kappa shape index (κ3) is 5.40. The smallest absolute Gasteiger partial charge is 0.183 e. The Morgan fingerprint density at radius 1 is 1.27 bits per heavy atom. The zero-order valence-electron chi connectivity index (χ0n) is 16.8. The van der Waals surface area contributed by atoms with Crippen molar-refractivity contribution in [3.05, 3.63) is 47.6 Å². The molecule has 0 aromatic rings. The van der Waals surface area contributed by atoms with Crippen LogP contribution >= 0.6 is 0 Å². The van der Waals surface area contributed by atoms with Gasteiger partial charge in [0.25, 0.3) is 0 Å². The van der Waals surface area contributed by atoms with E-state index < -0.39 is 11.9 Å². The average molecular weight is 363 g/mol. The lowest BCUT2D eigenvalue weighted by atomic mass is 9.75. The molecule has 2 rings (SSSR count). The molecule has 0 bridgehead atoms. The van der Waals surface area contributed by atoms with Gasteiger partial charge in [-0.15, -0.1) is 0 Å². The van der Waals surface area contributed by atoms with E-state index in [1.165, 1.54) is 11.1 Å². The third-order valence-corrected chi connectivity index (χ3v) is 5.20. The lowest BCUT2D eigenvalue weighted by Crippen LogP contribution is -2.45. The molecule has 2 aliphatic rings. The van der Waals surface area contributed by atoms with E-state index in [-0.39, 0.29) is 18.1 Å². The van der Waals surface area contributed by atoms with Crippen LogP contribution in [-0.2, 0) is 14.2 Å². The molecule has 1 saturated heterocycles. The SMILES string of the molecule is C=C1CC/C=C(\C)CCC2/C(=C\C=C\C(C)(C)O)C(OC)O[C@H](OC)[C@@H]12. The van der Waals surface area contributed by atoms with Crippen LogP contribution in [0.3, 0.4) is 0 Å². The van der Waals surface area contributed by atoms with Crippen LogP contribution < -0.4 is 0 Å². The van der Waals surface area contributed by atoms with Gasteiger partial charge in [-0.05, 0) is 57.9 Å². The summed E-state index contributed by atoms with van der Waals surface area (Å²) in [7, 11) is 3.33. The van der Waals surface area contributed by atoms with Crippen molar-refractivity contribution in [1.29, 1.82) is 0 Å². The summed E-state index contributed by atoms with van der Waals surface area (Å²) in [5, 5.41) is 9.96. The number of methoxy groups -OCH3 is 2. The Balaban J connectivity index is 2.42. The molecule has 4 heteroatoms. The summed E-state index contributed by atoms with van der Waals surface area (Å²) in [5.74, 6) is 0.339. The van der Waals surface area contributed by atoms with E-state index in [4.69, 9.17) is 14.2 Å². The predicted octanol–water partition coefficient (Wildman–Crippen LogP) is 4.52. The van der Waals surface area contributed by atoms with Crippen molar-refractivity contribution in [2.45, 2.75) is 64.6 Å². The molecule has 0 aromatic heterocycles. The first-order chi connectivity index (χ1) is 12.3. The van der Waals surface area contributed by atoms with Crippen molar-refractivity contribution in [3.63, 3.8) is 0 Å². The molecule has 4 nitrogen and oxygen atoms in total. The minimum Gasteiger partial charge on any atom is -0.386 e. The summed E-state index contributed by atoms with van der Waals surface area (Å²) in [4.78, 5) is 0. The zero-order chi connectivity index (χ0) is 19.3. The van der Waals surface area contributed by atoms with E-state index >= 15 is 0 Å². The zero-order valence-corrected chi connectivity index (χ0v) is 16.8. The summed E-state index contributed by atoms with van der Waals surface area (Å²) in [6, 6.07) is 0. The van der Waals surface area contributed by atoms with E-state index in [0.717, 1.165) is 31.3 Å². The summed E-state index contributed by atoms with van der Waals surface area (Å²) in [6.45, 7) is 10.1. The number of rotatable bonds is 4. The normalized spacial score (nSPS) is 34.8. The lowest BCUT2D eigenvalue weighted by Gasteiger charge is -2.43. The number of hydrogen-bond donors (Lipinski definition) is 1. The van der Waals surface area contributed by atoms with Gasteiger partial charge in [0.05, 0.1) is 5.60 Å². The second kappa shape index (κ2) is 9.14. The molecule has 26 heavy (non-hydrogen) atoms. The molecule has 0 aromatic carbocycles. The Morgan fingerprint density at radius 2 is 2.00 bits per heavy atom. The minimum absolute atomic E-state index is 0.104. The highest BCUT2D eigenvalue weighted by molar-refractivity contribution is 5.26. The molecule has 0 radical (unpaired) electrons. The fourth-order valence-corrected chi connectivity index (χ4v) is 3.83. The van der Waals surface area contributed by atoms with Gasteiger partial charge in [0.2, 0.25) is 0 Å². The molecule has 1 N–H and O–H groups in total. The summed E-state index contributed by atoms with van der Waals surface area (Å²) < 4.78 is 17.4. The average Bonchev–Trinajstić information content (AvgIpc) is 2.64. The maximum Gasteiger partial charge on any atom is 0.183 e. The number of allylic oxidation sites excluding steroid dienone is 4. The molecule has 4 atom stereocenters. The van der Waals surface area contributed by atoms with Crippen LogP contribution in [0.15, 0.2) is 47.6 Å². The monoisotopic (exact) mass is 362 g/mol. The van der Waals surface area contributed by atoms with Crippen LogP contribution in [0.2, 0.25) is 0 Å². The van der Waals surface area contributed by atoms with Gasteiger partial charge < -0.3 is 19.3 Å². The maximum absolute atomic E-state index is 9.96. The van der Waals surface area contributed by atoms with Gasteiger partial charge in [-0.1, -0.05) is 42.0 Å². The Labute approximate surface area is 158 Å². The molecule has 146 valence electrons. The van der Waals surface area contributed by atoms with Crippen LogP contribution in [0.1, 0.15) is 46.5 Å². The van der Waals surface area contributed by atoms with Crippen molar-refractivity contribution < 1.29 is 19.3 Å². The number of ether oxygens (including phenoxy) is 3. The minimum atomic E-state index is -0.856. The van der Waals surface area contributed by atoms with Gasteiger partial charge in [-0.2, -0.15) is 0 Å². The van der Waals surface area contributed by atoms with Crippen molar-refractivity contribution in [2.75, 3.05) is 14.2 Å². The molecule has 2 unspecified atom stereocenters. The van der Waals surface area contributed by atoms with E-state index in [9.17, 15) is 5.11 Å². The molecule has 1 aliphatic heterocycles. The first-order valence-corrected chi connectivity index (χ1v) is 9.43. The van der Waals surface area contributed by atoms with Gasteiger partial charge in [0.1, 0.15) is 0 Å². The van der Waals surface area contributed by atoms with Gasteiger partial charge >= 0.3 is 0 Å². The van der Waals surface area contributed by atoms with E-state index in [0.29, 0.717) is 0 Å². The number of aliphatic hydroxyl groups is 1. The molecular weight excluding hydrogens is 328 g/mol. The predicted molar refractivity (Wildman–Crippen MR) is 105 cm³/mol. The van der Waals surface area contributed by atoms with E-state index in [2.05, 4.69) is 19.6 Å². The first-order valence-electron chi connectivity index (χ1n) is 9.43. The maximum atomic E-state index is 9.96. The summed E-state index contributed by atoms with van der Waals surface area (Å²) >= 11 is 0. The number of hydrogen-bond acceptors (Lipinski definition) is 4. The molecule has 0 amide bonds. The van der Waals surface area contributed by atoms with Crippen molar-refractivity contribution in [3.8, 4) is 0 Å². The Kier molecular flexibility index (Phi) is 7.42. The third-order valence-electron chi connectivity index (χ3n) is 5.20. The fourth-order valence-electron chi connectivity index (χ4n) is 3.83. The summed E-state index contributed by atoms with van der Waals surface area (Å²) in [6.07, 6.45) is 11.2. The quantitative estimate of drug-likeness (QED) is 0.747. The largest absolute Gasteiger partial charge is 0.386 e. The van der Waals surface area contributed by atoms with Crippen molar-refractivity contribution >= 4 is 0 Å². The Bertz CT molecular complexity index is 579. The number of fused-ring (bicyclic) bond motifs is 1. The standard InChI is InChI=1S/C22H34O4/c1-15-9-7-10-16(2)19-17(13-12-15)18(11-8-14-22(3,4)23)20(24-5)26-21(19)25-6/h8-9,11,14,17,19-21,23H,2,7,10,12-13H2,1,3-6H3/b14-8+,15-9+,18-11+/t17?,19-,20?,21-/m0/s1. The highest BCUT2D eigenvalue weighted by atomic mass is 16.8. The molecule has 0 spiro atoms. The lowest BCUT2D eigenvalue weighted by molar-refractivity contribution is -0.256. The van der Waals surface area contributed by atoms with Crippen molar-refractivity contribution in [1.82, 2.24) is 0 Å². The van der Waals surface area contributed by atoms with Crippen molar-refractivity contribution in [2.24, 2.45) is 11.8 Å². The first kappa shape index (κ1) is 21.1.